The summed E-state index contributed by atoms with van der Waals surface area (Å²) in [7, 11) is 2.82. The van der Waals surface area contributed by atoms with Gasteiger partial charge in [-0.2, -0.15) is 0 Å². The third-order valence-corrected chi connectivity index (χ3v) is 8.44. The van der Waals surface area contributed by atoms with Crippen LogP contribution in [0.25, 0.3) is 16.8 Å². The Balaban J connectivity index is 2.00. The maximum absolute atomic E-state index is 14.3. The van der Waals surface area contributed by atoms with Crippen molar-refractivity contribution in [1.29, 1.82) is 0 Å². The van der Waals surface area contributed by atoms with Gasteiger partial charge in [0.15, 0.2) is 5.60 Å². The Morgan fingerprint density at radius 3 is 2.33 bits per heavy atom. The van der Waals surface area contributed by atoms with Crippen molar-refractivity contribution < 1.29 is 38.1 Å². The van der Waals surface area contributed by atoms with Crippen molar-refractivity contribution in [2.45, 2.75) is 78.5 Å². The van der Waals surface area contributed by atoms with Crippen molar-refractivity contribution in [3.05, 3.63) is 60.7 Å². The van der Waals surface area contributed by atoms with Crippen LogP contribution in [0.1, 0.15) is 71.9 Å². The third-order valence-electron chi connectivity index (χ3n) is 8.44. The second kappa shape index (κ2) is 14.4. The van der Waals surface area contributed by atoms with E-state index in [-0.39, 0.29) is 25.0 Å². The zero-order valence-corrected chi connectivity index (χ0v) is 28.4. The minimum Gasteiger partial charge on any atom is -0.496 e. The van der Waals surface area contributed by atoms with E-state index in [4.69, 9.17) is 18.9 Å². The first-order valence-corrected chi connectivity index (χ1v) is 15.4. The van der Waals surface area contributed by atoms with Crippen LogP contribution in [0.4, 0.5) is 4.79 Å². The second-order valence-electron chi connectivity index (χ2n) is 13.6. The number of nitrogens with one attached hydrogen (secondary N) is 1. The van der Waals surface area contributed by atoms with Crippen LogP contribution >= 0.6 is 0 Å². The highest BCUT2D eigenvalue weighted by Crippen LogP contribution is 2.42. The normalized spacial score (nSPS) is 18.8. The largest absolute Gasteiger partial charge is 0.496 e. The average molecular weight is 637 g/mol. The Bertz CT molecular complexity index is 1490. The highest BCUT2D eigenvalue weighted by atomic mass is 16.6. The Morgan fingerprint density at radius 1 is 1.07 bits per heavy atom. The predicted octanol–water partition coefficient (Wildman–Crippen LogP) is 6.16. The molecular formula is C36H48N2O8. The molecule has 1 N–H and O–H groups in total. The lowest BCUT2D eigenvalue weighted by molar-refractivity contribution is -0.158. The maximum atomic E-state index is 14.3. The number of ether oxygens (including phenoxy) is 4. The van der Waals surface area contributed by atoms with Gasteiger partial charge in [0.2, 0.25) is 5.91 Å². The molecule has 2 amide bonds. The number of benzene rings is 2. The first-order chi connectivity index (χ1) is 21.5. The molecule has 1 heterocycles. The molecule has 0 spiro atoms. The first kappa shape index (κ1) is 36.1. The van der Waals surface area contributed by atoms with Crippen molar-refractivity contribution in [1.82, 2.24) is 10.2 Å². The number of hydrogen-bond acceptors (Lipinski definition) is 8. The number of hydrogen-bond donors (Lipinski definition) is 1. The third kappa shape index (κ3) is 8.27. The number of carbonyl (C=O) groups is 4. The minimum absolute atomic E-state index is 0.0410. The van der Waals surface area contributed by atoms with Gasteiger partial charge in [0.05, 0.1) is 27.4 Å². The van der Waals surface area contributed by atoms with Crippen LogP contribution < -0.4 is 10.1 Å². The smallest absolute Gasteiger partial charge is 0.407 e. The van der Waals surface area contributed by atoms with Crippen LogP contribution in [0.5, 0.6) is 5.75 Å². The second-order valence-corrected chi connectivity index (χ2v) is 13.6. The lowest BCUT2D eigenvalue weighted by Crippen LogP contribution is -2.57. The van der Waals surface area contributed by atoms with E-state index >= 15 is 0 Å². The van der Waals surface area contributed by atoms with Gasteiger partial charge in [0.25, 0.3) is 0 Å². The van der Waals surface area contributed by atoms with E-state index < -0.39 is 47.0 Å². The summed E-state index contributed by atoms with van der Waals surface area (Å²) in [6.07, 6.45) is 4.09. The lowest BCUT2D eigenvalue weighted by atomic mass is 9.85. The molecule has 2 aromatic carbocycles. The maximum Gasteiger partial charge on any atom is 0.407 e. The SMILES string of the molecule is C=CCC(C)(C)CCOC(=O)N[C@H](C(=O)N1CC(OC(C)=O)(c2ccc3cc(OC)c(C=C)cc3c2)C[C@H]1C(=O)OC)C(C)(C)C. The van der Waals surface area contributed by atoms with Crippen LogP contribution in [-0.4, -0.2) is 68.3 Å². The van der Waals surface area contributed by atoms with Gasteiger partial charge < -0.3 is 29.2 Å². The molecule has 3 atom stereocenters. The van der Waals surface area contributed by atoms with Crippen LogP contribution in [0.3, 0.4) is 0 Å². The number of nitrogens with zero attached hydrogens (tertiary/aromatic N) is 1. The van der Waals surface area contributed by atoms with Gasteiger partial charge in [-0.05, 0) is 58.2 Å². The van der Waals surface area contributed by atoms with Crippen LogP contribution in [-0.2, 0) is 34.2 Å². The molecule has 0 bridgehead atoms. The van der Waals surface area contributed by atoms with Gasteiger partial charge in [0.1, 0.15) is 17.8 Å². The number of methoxy groups -OCH3 is 2. The molecular weight excluding hydrogens is 588 g/mol. The van der Waals surface area contributed by atoms with Crippen LogP contribution in [0.2, 0.25) is 0 Å². The zero-order chi connectivity index (χ0) is 34.4. The van der Waals surface area contributed by atoms with Gasteiger partial charge in [-0.1, -0.05) is 65.5 Å². The van der Waals surface area contributed by atoms with Crippen LogP contribution in [0.15, 0.2) is 49.6 Å². The molecule has 1 fully saturated rings. The Kier molecular flexibility index (Phi) is 11.3. The molecule has 250 valence electrons. The fourth-order valence-corrected chi connectivity index (χ4v) is 5.87. The summed E-state index contributed by atoms with van der Waals surface area (Å²) >= 11 is 0. The fourth-order valence-electron chi connectivity index (χ4n) is 5.87. The molecule has 1 unspecified atom stereocenters. The number of amides is 2. The summed E-state index contributed by atoms with van der Waals surface area (Å²) in [5.74, 6) is -1.11. The highest BCUT2D eigenvalue weighted by Gasteiger charge is 2.54. The van der Waals surface area contributed by atoms with E-state index in [2.05, 4.69) is 32.3 Å². The van der Waals surface area contributed by atoms with Gasteiger partial charge in [-0.15, -0.1) is 6.58 Å². The molecule has 10 nitrogen and oxygen atoms in total. The fraction of sp³-hybridized carbons (Fsp3) is 0.500. The molecule has 46 heavy (non-hydrogen) atoms. The Labute approximate surface area is 272 Å². The summed E-state index contributed by atoms with van der Waals surface area (Å²) in [4.78, 5) is 54.3. The lowest BCUT2D eigenvalue weighted by Gasteiger charge is -2.35. The standard InChI is InChI=1S/C36H48N2O8/c1-11-15-35(7,8)16-17-45-33(42)37-30(34(4,5)6)31(40)38-22-36(46-23(3)39,21-28(38)32(41)44-10)27-14-13-25-20-29(43-9)24(12-2)18-26(25)19-27/h11-14,18-20,28,30H,1-2,15-17,21-22H2,3-10H3,(H,37,42)/t28-,30+,36?/m0/s1. The van der Waals surface area contributed by atoms with E-state index in [9.17, 15) is 19.2 Å². The molecule has 0 aromatic heterocycles. The van der Waals surface area contributed by atoms with Gasteiger partial charge in [-0.3, -0.25) is 9.59 Å². The number of rotatable bonds is 12. The van der Waals surface area contributed by atoms with E-state index in [0.29, 0.717) is 17.7 Å². The number of esters is 2. The Hall–Kier alpha value is -4.34. The van der Waals surface area contributed by atoms with Crippen molar-refractivity contribution in [2.24, 2.45) is 10.8 Å². The first-order valence-electron chi connectivity index (χ1n) is 15.4. The number of likely N-dealkylation sites (tertiary alicyclic amines) is 1. The van der Waals surface area contributed by atoms with Gasteiger partial charge in [-0.25, -0.2) is 9.59 Å². The number of fused-ring (bicyclic) bond motifs is 1. The molecule has 0 aliphatic carbocycles. The predicted molar refractivity (Wildman–Crippen MR) is 177 cm³/mol. The van der Waals surface area contributed by atoms with Crippen molar-refractivity contribution in [3.63, 3.8) is 0 Å². The number of carbonyl (C=O) groups excluding carboxylic acids is 4. The monoisotopic (exact) mass is 636 g/mol. The molecule has 0 radical (unpaired) electrons. The quantitative estimate of drug-likeness (QED) is 0.167. The number of alkyl carbamates (subject to hydrolysis) is 1. The van der Waals surface area contributed by atoms with E-state index in [1.807, 2.05) is 36.4 Å². The van der Waals surface area contributed by atoms with E-state index in [1.165, 1.54) is 18.9 Å². The molecule has 3 rings (SSSR count). The van der Waals surface area contributed by atoms with E-state index in [0.717, 1.165) is 22.8 Å². The van der Waals surface area contributed by atoms with Crippen molar-refractivity contribution in [3.8, 4) is 5.75 Å². The molecule has 10 heteroatoms. The molecule has 1 aliphatic heterocycles. The number of allylic oxidation sites excluding steroid dienone is 1. The molecule has 1 saturated heterocycles. The minimum atomic E-state index is -1.37. The Morgan fingerprint density at radius 2 is 1.76 bits per heavy atom. The van der Waals surface area contributed by atoms with Crippen molar-refractivity contribution in [2.75, 3.05) is 27.4 Å². The van der Waals surface area contributed by atoms with Gasteiger partial charge >= 0.3 is 18.0 Å². The van der Waals surface area contributed by atoms with Gasteiger partial charge in [0, 0.05) is 18.9 Å². The summed E-state index contributed by atoms with van der Waals surface area (Å²) < 4.78 is 22.0. The molecule has 2 aromatic rings. The average Bonchev–Trinajstić information content (AvgIpc) is 3.37. The highest BCUT2D eigenvalue weighted by molar-refractivity contribution is 5.92. The summed E-state index contributed by atoms with van der Waals surface area (Å²) in [5, 5.41) is 4.44. The summed E-state index contributed by atoms with van der Waals surface area (Å²) in [6.45, 7) is 18.5. The van der Waals surface area contributed by atoms with Crippen molar-refractivity contribution >= 4 is 40.8 Å². The summed E-state index contributed by atoms with van der Waals surface area (Å²) in [6, 6.07) is 7.19. The summed E-state index contributed by atoms with van der Waals surface area (Å²) in [5.41, 5.74) is -0.870. The van der Waals surface area contributed by atoms with Crippen LogP contribution in [0, 0.1) is 10.8 Å². The molecule has 1 aliphatic rings. The molecule has 0 saturated carbocycles. The zero-order valence-electron chi connectivity index (χ0n) is 28.4. The topological polar surface area (TPSA) is 120 Å². The van der Waals surface area contributed by atoms with E-state index in [1.54, 1.807) is 34.0 Å².